The Balaban J connectivity index is 1.56. The largest absolute Gasteiger partial charge is 0.440 e. The van der Waals surface area contributed by atoms with Gasteiger partial charge in [-0.2, -0.15) is 0 Å². The zero-order valence-electron chi connectivity index (χ0n) is 11.6. The van der Waals surface area contributed by atoms with E-state index in [1.807, 2.05) is 23.1 Å². The van der Waals surface area contributed by atoms with Gasteiger partial charge in [0.05, 0.1) is 5.92 Å². The summed E-state index contributed by atoms with van der Waals surface area (Å²) >= 11 is 0. The summed E-state index contributed by atoms with van der Waals surface area (Å²) in [5.41, 5.74) is 2.96. The number of likely N-dealkylation sites (tertiary alicyclic amines) is 1. The van der Waals surface area contributed by atoms with Crippen LogP contribution in [0.4, 0.5) is 0 Å². The first-order valence-corrected chi connectivity index (χ1v) is 7.36. The molecule has 1 aliphatic carbocycles. The molecule has 2 aromatic rings. The molecule has 0 N–H and O–H groups in total. The maximum Gasteiger partial charge on any atom is 0.225 e. The monoisotopic (exact) mass is 270 g/mol. The van der Waals surface area contributed by atoms with E-state index in [4.69, 9.17) is 4.42 Å². The van der Waals surface area contributed by atoms with Crippen molar-refractivity contribution in [1.82, 2.24) is 9.88 Å². The van der Waals surface area contributed by atoms with E-state index in [0.717, 1.165) is 49.3 Å². The third kappa shape index (κ3) is 1.99. The molecule has 1 aliphatic heterocycles. The molecule has 4 heteroatoms. The van der Waals surface area contributed by atoms with E-state index in [2.05, 4.69) is 11.9 Å². The van der Waals surface area contributed by atoms with Crippen molar-refractivity contribution in [3.8, 4) is 0 Å². The number of nitrogens with zero attached hydrogens (tertiary/aromatic N) is 2. The minimum absolute atomic E-state index is 0.255. The van der Waals surface area contributed by atoms with Crippen LogP contribution in [0, 0.1) is 12.8 Å². The van der Waals surface area contributed by atoms with Crippen molar-refractivity contribution in [1.29, 1.82) is 0 Å². The van der Waals surface area contributed by atoms with Gasteiger partial charge in [0, 0.05) is 19.0 Å². The molecule has 1 atom stereocenters. The van der Waals surface area contributed by atoms with Gasteiger partial charge in [0.1, 0.15) is 5.52 Å². The van der Waals surface area contributed by atoms with Crippen molar-refractivity contribution in [2.75, 3.05) is 13.1 Å². The second-order valence-electron chi connectivity index (χ2n) is 6.07. The molecular weight excluding hydrogens is 252 g/mol. The highest BCUT2D eigenvalue weighted by atomic mass is 16.3. The first-order chi connectivity index (χ1) is 9.70. The zero-order valence-corrected chi connectivity index (χ0v) is 11.6. The highest BCUT2D eigenvalue weighted by Gasteiger charge is 2.38. The summed E-state index contributed by atoms with van der Waals surface area (Å²) in [6.07, 6.45) is 3.11. The van der Waals surface area contributed by atoms with Gasteiger partial charge in [0.25, 0.3) is 0 Å². The van der Waals surface area contributed by atoms with E-state index in [-0.39, 0.29) is 5.92 Å². The van der Waals surface area contributed by atoms with E-state index >= 15 is 0 Å². The highest BCUT2D eigenvalue weighted by molar-refractivity contribution is 5.81. The minimum Gasteiger partial charge on any atom is -0.440 e. The van der Waals surface area contributed by atoms with E-state index in [9.17, 15) is 4.79 Å². The number of fused-ring (bicyclic) bond motifs is 1. The third-order valence-corrected chi connectivity index (χ3v) is 4.34. The third-order valence-electron chi connectivity index (χ3n) is 4.34. The Hall–Kier alpha value is -1.84. The lowest BCUT2D eigenvalue weighted by molar-refractivity contribution is -0.131. The van der Waals surface area contributed by atoms with Crippen LogP contribution in [0.2, 0.25) is 0 Å². The van der Waals surface area contributed by atoms with Crippen molar-refractivity contribution in [3.05, 3.63) is 29.7 Å². The smallest absolute Gasteiger partial charge is 0.225 e. The molecule has 2 aliphatic rings. The average molecular weight is 270 g/mol. The lowest BCUT2D eigenvalue weighted by Gasteiger charge is -2.15. The molecule has 1 saturated heterocycles. The van der Waals surface area contributed by atoms with E-state index in [1.54, 1.807) is 0 Å². The summed E-state index contributed by atoms with van der Waals surface area (Å²) in [6.45, 7) is 3.66. The normalized spacial score (nSPS) is 22.6. The van der Waals surface area contributed by atoms with Crippen molar-refractivity contribution in [3.63, 3.8) is 0 Å². The number of hydrogen-bond acceptors (Lipinski definition) is 3. The van der Waals surface area contributed by atoms with Gasteiger partial charge < -0.3 is 9.32 Å². The highest BCUT2D eigenvalue weighted by Crippen LogP contribution is 2.35. The fourth-order valence-electron chi connectivity index (χ4n) is 2.98. The second kappa shape index (κ2) is 4.33. The minimum atomic E-state index is 0.255. The lowest BCUT2D eigenvalue weighted by atomic mass is 10.1. The summed E-state index contributed by atoms with van der Waals surface area (Å²) in [5.74, 6) is 1.68. The predicted octanol–water partition coefficient (Wildman–Crippen LogP) is 2.86. The molecule has 1 aromatic heterocycles. The summed E-state index contributed by atoms with van der Waals surface area (Å²) in [6, 6.07) is 6.06. The standard InChI is InChI=1S/C16H18N2O2/c1-10-2-5-14-13(8-10)17-15(20-14)12-6-7-18(9-12)16(19)11-3-4-11/h2,5,8,11-12H,3-4,6-7,9H2,1H3/t12-/m0/s1. The first kappa shape index (κ1) is 11.9. The molecule has 0 radical (unpaired) electrons. The number of carbonyl (C=O) groups excluding carboxylic acids is 1. The zero-order chi connectivity index (χ0) is 13.7. The molecule has 2 fully saturated rings. The molecule has 0 bridgehead atoms. The molecule has 20 heavy (non-hydrogen) atoms. The van der Waals surface area contributed by atoms with Crippen LogP contribution in [0.5, 0.6) is 0 Å². The molecule has 0 spiro atoms. The molecule has 0 unspecified atom stereocenters. The SMILES string of the molecule is Cc1ccc2oc([C@H]3CCN(C(=O)C4CC4)C3)nc2c1. The van der Waals surface area contributed by atoms with Crippen LogP contribution in [0.15, 0.2) is 22.6 Å². The quantitative estimate of drug-likeness (QED) is 0.843. The Labute approximate surface area is 117 Å². The molecular formula is C16H18N2O2. The molecule has 4 rings (SSSR count). The van der Waals surface area contributed by atoms with Gasteiger partial charge in [0.2, 0.25) is 5.91 Å². The number of benzene rings is 1. The number of oxazole rings is 1. The van der Waals surface area contributed by atoms with Gasteiger partial charge in [-0.1, -0.05) is 6.07 Å². The fraction of sp³-hybridized carbons (Fsp3) is 0.500. The van der Waals surface area contributed by atoms with E-state index in [0.29, 0.717) is 11.8 Å². The van der Waals surface area contributed by atoms with Crippen molar-refractivity contribution in [2.45, 2.75) is 32.1 Å². The molecule has 1 aromatic carbocycles. The average Bonchev–Trinajstić information content (AvgIpc) is 3.01. The van der Waals surface area contributed by atoms with Crippen LogP contribution in [0.3, 0.4) is 0 Å². The Bertz CT molecular complexity index is 672. The first-order valence-electron chi connectivity index (χ1n) is 7.36. The van der Waals surface area contributed by atoms with E-state index in [1.165, 1.54) is 5.56 Å². The number of carbonyl (C=O) groups is 1. The Morgan fingerprint density at radius 1 is 1.35 bits per heavy atom. The van der Waals surface area contributed by atoms with Gasteiger partial charge in [0.15, 0.2) is 11.5 Å². The van der Waals surface area contributed by atoms with Crippen LogP contribution in [-0.4, -0.2) is 28.9 Å². The topological polar surface area (TPSA) is 46.3 Å². The number of aromatic nitrogens is 1. The number of amides is 1. The van der Waals surface area contributed by atoms with Crippen LogP contribution < -0.4 is 0 Å². The summed E-state index contributed by atoms with van der Waals surface area (Å²) in [7, 11) is 0. The summed E-state index contributed by atoms with van der Waals surface area (Å²) < 4.78 is 5.86. The predicted molar refractivity (Wildman–Crippen MR) is 75.4 cm³/mol. The van der Waals surface area contributed by atoms with Crippen LogP contribution in [0.1, 0.15) is 36.6 Å². The number of rotatable bonds is 2. The van der Waals surface area contributed by atoms with Crippen LogP contribution in [0.25, 0.3) is 11.1 Å². The Morgan fingerprint density at radius 2 is 2.20 bits per heavy atom. The molecule has 4 nitrogen and oxygen atoms in total. The Kier molecular flexibility index (Phi) is 2.59. The van der Waals surface area contributed by atoms with Crippen molar-refractivity contribution >= 4 is 17.0 Å². The maximum atomic E-state index is 12.1. The molecule has 2 heterocycles. The fourth-order valence-corrected chi connectivity index (χ4v) is 2.98. The molecule has 1 saturated carbocycles. The number of aryl methyl sites for hydroxylation is 1. The number of hydrogen-bond donors (Lipinski definition) is 0. The van der Waals surface area contributed by atoms with Crippen LogP contribution in [-0.2, 0) is 4.79 Å². The maximum absolute atomic E-state index is 12.1. The van der Waals surface area contributed by atoms with Crippen molar-refractivity contribution in [2.24, 2.45) is 5.92 Å². The summed E-state index contributed by atoms with van der Waals surface area (Å²) in [4.78, 5) is 18.7. The molecule has 104 valence electrons. The second-order valence-corrected chi connectivity index (χ2v) is 6.07. The van der Waals surface area contributed by atoms with Gasteiger partial charge in [-0.05, 0) is 43.9 Å². The van der Waals surface area contributed by atoms with E-state index < -0.39 is 0 Å². The van der Waals surface area contributed by atoms with Crippen LogP contribution >= 0.6 is 0 Å². The van der Waals surface area contributed by atoms with Crippen molar-refractivity contribution < 1.29 is 9.21 Å². The van der Waals surface area contributed by atoms with Gasteiger partial charge in [-0.15, -0.1) is 0 Å². The van der Waals surface area contributed by atoms with Gasteiger partial charge in [-0.25, -0.2) is 4.98 Å². The molecule has 1 amide bonds. The summed E-state index contributed by atoms with van der Waals surface area (Å²) in [5, 5.41) is 0. The Morgan fingerprint density at radius 3 is 3.00 bits per heavy atom. The van der Waals surface area contributed by atoms with Gasteiger partial charge in [-0.3, -0.25) is 4.79 Å². The lowest BCUT2D eigenvalue weighted by Crippen LogP contribution is -2.29. The van der Waals surface area contributed by atoms with Gasteiger partial charge >= 0.3 is 0 Å².